The molecule has 18 atom stereocenters. The Morgan fingerprint density at radius 2 is 1.42 bits per heavy atom. The Balaban J connectivity index is 0.878. The van der Waals surface area contributed by atoms with Crippen LogP contribution in [0.15, 0.2) is 150 Å². The first-order chi connectivity index (χ1) is 46.5. The van der Waals surface area contributed by atoms with E-state index in [1.54, 1.807) is 78.9 Å². The molecule has 2 bridgehead atoms. The van der Waals surface area contributed by atoms with Gasteiger partial charge in [-0.3, -0.25) is 28.8 Å². The van der Waals surface area contributed by atoms with Gasteiger partial charge in [-0.1, -0.05) is 131 Å². The molecule has 1 amide bonds. The van der Waals surface area contributed by atoms with E-state index < -0.39 is 156 Å². The molecule has 0 aromatic heterocycles. The molecule has 3 aromatic carbocycles. The van der Waals surface area contributed by atoms with Gasteiger partial charge in [-0.15, -0.1) is 0 Å². The van der Waals surface area contributed by atoms with Crippen molar-refractivity contribution in [2.75, 3.05) is 6.61 Å². The highest BCUT2D eigenvalue weighted by molar-refractivity contribution is 5.97. The van der Waals surface area contributed by atoms with E-state index in [-0.39, 0.29) is 53.1 Å². The molecule has 524 valence electrons. The van der Waals surface area contributed by atoms with Gasteiger partial charge in [0.25, 0.3) is 5.91 Å². The zero-order valence-corrected chi connectivity index (χ0v) is 57.1. The highest BCUT2D eigenvalue weighted by Crippen LogP contribution is 2.66. The molecule has 11 rings (SSSR count). The lowest BCUT2D eigenvalue weighted by Gasteiger charge is -2.67. The smallest absolute Gasteiger partial charge is 0.338 e. The number of hydrogen-bond donors (Lipinski definition) is 5. The molecule has 3 aromatic rings. The largest absolute Gasteiger partial charge is 0.462 e. The van der Waals surface area contributed by atoms with E-state index in [2.05, 4.69) is 37.9 Å². The van der Waals surface area contributed by atoms with E-state index in [4.69, 9.17) is 33.2 Å². The number of allylic oxidation sites excluding steroid dienone is 4. The Morgan fingerprint density at radius 1 is 0.776 bits per heavy atom. The van der Waals surface area contributed by atoms with Gasteiger partial charge in [0.15, 0.2) is 23.6 Å². The monoisotopic (exact) mass is 1350 g/mol. The van der Waals surface area contributed by atoms with Gasteiger partial charge in [0, 0.05) is 50.5 Å². The highest BCUT2D eigenvalue weighted by atomic mass is 16.6. The van der Waals surface area contributed by atoms with Crippen LogP contribution in [0.5, 0.6) is 0 Å². The van der Waals surface area contributed by atoms with Gasteiger partial charge < -0.3 is 58.9 Å². The lowest BCUT2D eigenvalue weighted by atomic mass is 9.44. The molecule has 20 nitrogen and oxygen atoms in total. The minimum atomic E-state index is -2.56. The summed E-state index contributed by atoms with van der Waals surface area (Å²) in [6.45, 7) is 16.6. The number of rotatable bonds is 20. The molecule has 5 N–H and O–H groups in total. The summed E-state index contributed by atoms with van der Waals surface area (Å²) >= 11 is 0. The van der Waals surface area contributed by atoms with Crippen LogP contribution in [0.3, 0.4) is 0 Å². The zero-order valence-electron chi connectivity index (χ0n) is 57.1. The first-order valence-electron chi connectivity index (χ1n) is 34.6. The third-order valence-corrected chi connectivity index (χ3v) is 23.2. The number of carbonyl (C=O) groups is 8. The molecule has 7 fully saturated rings. The average Bonchev–Trinajstić information content (AvgIpc) is 0.831. The molecule has 1 saturated heterocycles. The van der Waals surface area contributed by atoms with Crippen LogP contribution < -0.4 is 5.32 Å². The minimum Gasteiger partial charge on any atom is -0.462 e. The van der Waals surface area contributed by atoms with Gasteiger partial charge in [-0.05, 0) is 140 Å². The van der Waals surface area contributed by atoms with Crippen molar-refractivity contribution in [1.82, 2.24) is 5.32 Å². The number of carbonyl (C=O) groups excluding carboxylic acids is 8. The van der Waals surface area contributed by atoms with Crippen LogP contribution in [0.1, 0.15) is 171 Å². The topological polar surface area (TPSA) is 294 Å². The Hall–Kier alpha value is -7.88. The maximum Gasteiger partial charge on any atom is 0.338 e. The number of amides is 1. The molecule has 6 saturated carbocycles. The van der Waals surface area contributed by atoms with Crippen molar-refractivity contribution in [1.29, 1.82) is 0 Å². The first kappa shape index (κ1) is 71.4. The quantitative estimate of drug-likeness (QED) is 0.0399. The van der Waals surface area contributed by atoms with Crippen LogP contribution in [0.4, 0.5) is 0 Å². The van der Waals surface area contributed by atoms with Crippen molar-refractivity contribution in [3.63, 3.8) is 0 Å². The highest BCUT2D eigenvalue weighted by Gasteiger charge is 2.79. The number of aliphatic hydroxyl groups is 4. The summed E-state index contributed by atoms with van der Waals surface area (Å²) in [4.78, 5) is 116. The molecular weight excluding hydrogens is 1250 g/mol. The van der Waals surface area contributed by atoms with Crippen LogP contribution in [-0.2, 0) is 61.9 Å². The number of ether oxygens (including phenoxy) is 7. The number of Topliss-reactive ketones (excluding diaryl/α,β-unsaturated/α-hetero) is 1. The summed E-state index contributed by atoms with van der Waals surface area (Å²) in [5.41, 5.74) is -5.38. The molecule has 0 spiro atoms. The van der Waals surface area contributed by atoms with Crippen molar-refractivity contribution in [3.8, 4) is 0 Å². The standard InChI is InChI=1S/C78H93NO19/c1-43(27-34-57(82)49-29-30-49)55-32-33-56-48(26-19-37-75(55,56)8)28-31-53-38-54(39-58(83)44(53)2)94-62(84)35-36-63(85)96-60-40-61-77(42-92-61,98-47(5)81)68-70(97-72(89)52-24-17-12-18-25-52)78(91)41-59(45(3)64(74(78,6)7)67(93-46(4)80)69(87)76(60,68)9)95-73(90)66(86)65(50-20-13-10-14-21-50)79-71(88)51-22-15-11-16-23-51/h10-18,20-25,27-28,31,34,43,49,54-61,65-68,70,82-83,86,91H,2,19,26,29-30,32-33,35-42H2,1,3-9H3,(H,79,88)/b34-27+,48-28+,53-31-/t43-,54+,55?,56?,57?,58-,59?,60?,61?,65?,66?,67?,68?,70?,75+,76?,77?,78?/m0/s1. The molecule has 0 radical (unpaired) electrons. The zero-order chi connectivity index (χ0) is 70.4. The third kappa shape index (κ3) is 13.7. The van der Waals surface area contributed by atoms with Crippen molar-refractivity contribution in [3.05, 3.63) is 166 Å². The summed E-state index contributed by atoms with van der Waals surface area (Å²) in [5, 5.41) is 51.0. The number of aliphatic hydroxyl groups excluding tert-OH is 3. The summed E-state index contributed by atoms with van der Waals surface area (Å²) in [6.07, 6.45) is 1.25. The molecule has 7 aliphatic carbocycles. The van der Waals surface area contributed by atoms with Gasteiger partial charge >= 0.3 is 35.8 Å². The van der Waals surface area contributed by atoms with Crippen LogP contribution in [-0.4, -0.2) is 141 Å². The second-order valence-electron chi connectivity index (χ2n) is 29.5. The Labute approximate surface area is 572 Å². The normalized spacial score (nSPS) is 33.8. The number of esters is 6. The Bertz CT molecular complexity index is 3700. The van der Waals surface area contributed by atoms with Crippen LogP contribution in [0.25, 0.3) is 0 Å². The molecule has 20 heteroatoms. The van der Waals surface area contributed by atoms with Gasteiger partial charge in [-0.25, -0.2) is 9.59 Å². The fourth-order valence-corrected chi connectivity index (χ4v) is 17.7. The minimum absolute atomic E-state index is 0.00350. The van der Waals surface area contributed by atoms with Crippen molar-refractivity contribution in [2.24, 2.45) is 45.8 Å². The van der Waals surface area contributed by atoms with Crippen molar-refractivity contribution >= 4 is 47.5 Å². The van der Waals surface area contributed by atoms with E-state index in [9.17, 15) is 54.0 Å². The van der Waals surface area contributed by atoms with Gasteiger partial charge in [0.05, 0.1) is 54.6 Å². The van der Waals surface area contributed by atoms with Gasteiger partial charge in [-0.2, -0.15) is 0 Å². The summed E-state index contributed by atoms with van der Waals surface area (Å²) in [5.74, 6) is -7.72. The Morgan fingerprint density at radius 3 is 2.04 bits per heavy atom. The molecule has 98 heavy (non-hydrogen) atoms. The van der Waals surface area contributed by atoms with Gasteiger partial charge in [0.2, 0.25) is 0 Å². The summed E-state index contributed by atoms with van der Waals surface area (Å²) < 4.78 is 43.8. The van der Waals surface area contributed by atoms with Gasteiger partial charge in [0.1, 0.15) is 36.1 Å². The fraction of sp³-hybridized carbons (Fsp3) is 0.538. The van der Waals surface area contributed by atoms with Crippen molar-refractivity contribution in [2.45, 2.75) is 211 Å². The molecule has 14 unspecified atom stereocenters. The fourth-order valence-electron chi connectivity index (χ4n) is 17.7. The second kappa shape index (κ2) is 28.4. The van der Waals surface area contributed by atoms with Crippen molar-refractivity contribution < 1.29 is 91.9 Å². The number of nitrogens with one attached hydrogen (secondary N) is 1. The number of hydrogen-bond acceptors (Lipinski definition) is 19. The lowest BCUT2D eigenvalue weighted by Crippen LogP contribution is -2.82. The lowest BCUT2D eigenvalue weighted by molar-refractivity contribution is -0.346. The molecular formula is C78H93NO19. The third-order valence-electron chi connectivity index (χ3n) is 23.2. The SMILES string of the molecule is C=C1/C(=C\C=C2/CCC[C@@]3(C)C2CCC3[C@@H](C)/C=C/C(O)C2CC2)C[C@@H](OC(=O)CCC(=O)OC2CC3OCC3(OC(C)=O)C3C(OC(=O)c4ccccc4)C4(O)CC(OC(=O)C(O)C(NC(=O)c5ccccc5)c5ccccc5)C(C)=C(C(OC(C)=O)C(=O)C23C)C4(C)C)C[C@@H]1O. The number of fused-ring (bicyclic) bond motifs is 6. The van der Waals surface area contributed by atoms with E-state index in [0.29, 0.717) is 34.8 Å². The molecule has 1 heterocycles. The number of ketones is 1. The second-order valence-corrected chi connectivity index (χ2v) is 29.5. The van der Waals surface area contributed by atoms with E-state index in [0.717, 1.165) is 64.4 Å². The summed E-state index contributed by atoms with van der Waals surface area (Å²) in [6, 6.07) is 22.6. The molecule has 1 aliphatic heterocycles. The van der Waals surface area contributed by atoms with Crippen LogP contribution >= 0.6 is 0 Å². The first-order valence-corrected chi connectivity index (χ1v) is 34.6. The predicted octanol–water partition coefficient (Wildman–Crippen LogP) is 9.72. The average molecular weight is 1350 g/mol. The van der Waals surface area contributed by atoms with E-state index in [1.165, 1.54) is 45.4 Å². The molecule has 8 aliphatic rings. The predicted molar refractivity (Wildman–Crippen MR) is 356 cm³/mol. The van der Waals surface area contributed by atoms with Crippen LogP contribution in [0, 0.1) is 45.8 Å². The van der Waals surface area contributed by atoms with E-state index >= 15 is 4.79 Å². The maximum absolute atomic E-state index is 16.6. The van der Waals surface area contributed by atoms with E-state index in [1.807, 2.05) is 12.2 Å². The summed E-state index contributed by atoms with van der Waals surface area (Å²) in [7, 11) is 0. The number of benzene rings is 3. The Kier molecular flexibility index (Phi) is 20.7. The maximum atomic E-state index is 16.6. The van der Waals surface area contributed by atoms with Crippen LogP contribution in [0.2, 0.25) is 0 Å².